The zero-order chi connectivity index (χ0) is 15.2. The minimum Gasteiger partial charge on any atom is -0.454 e. The van der Waals surface area contributed by atoms with Crippen molar-refractivity contribution in [3.05, 3.63) is 65.5 Å². The SMILES string of the molecule is CNc1ccccc1C(=O)OCC(=O)c1cccc(F)c1. The summed E-state index contributed by atoms with van der Waals surface area (Å²) in [7, 11) is 1.68. The lowest BCUT2D eigenvalue weighted by molar-refractivity contribution is 0.0475. The van der Waals surface area contributed by atoms with E-state index in [9.17, 15) is 14.0 Å². The van der Waals surface area contributed by atoms with Crippen molar-refractivity contribution < 1.29 is 18.7 Å². The minimum atomic E-state index is -0.607. The summed E-state index contributed by atoms with van der Waals surface area (Å²) in [6.45, 7) is -0.430. The molecule has 0 saturated heterocycles. The van der Waals surface area contributed by atoms with Crippen LogP contribution in [0.2, 0.25) is 0 Å². The number of anilines is 1. The second kappa shape index (κ2) is 6.65. The van der Waals surface area contributed by atoms with E-state index in [0.29, 0.717) is 11.3 Å². The number of para-hydroxylation sites is 1. The smallest absolute Gasteiger partial charge is 0.340 e. The van der Waals surface area contributed by atoms with Crippen LogP contribution in [0.1, 0.15) is 20.7 Å². The van der Waals surface area contributed by atoms with Crippen LogP contribution in [0, 0.1) is 5.82 Å². The lowest BCUT2D eigenvalue weighted by Crippen LogP contribution is -2.15. The van der Waals surface area contributed by atoms with E-state index < -0.39 is 24.2 Å². The zero-order valence-electron chi connectivity index (χ0n) is 11.4. The van der Waals surface area contributed by atoms with Crippen LogP contribution >= 0.6 is 0 Å². The zero-order valence-corrected chi connectivity index (χ0v) is 11.4. The van der Waals surface area contributed by atoms with Crippen molar-refractivity contribution in [2.75, 3.05) is 19.0 Å². The number of hydrogen-bond donors (Lipinski definition) is 1. The number of esters is 1. The van der Waals surface area contributed by atoms with Crippen LogP contribution in [-0.2, 0) is 4.74 Å². The highest BCUT2D eigenvalue weighted by Gasteiger charge is 2.14. The molecule has 2 aromatic rings. The van der Waals surface area contributed by atoms with E-state index in [4.69, 9.17) is 4.74 Å². The van der Waals surface area contributed by atoms with Crippen molar-refractivity contribution in [2.24, 2.45) is 0 Å². The number of benzene rings is 2. The van der Waals surface area contributed by atoms with Gasteiger partial charge in [-0.25, -0.2) is 9.18 Å². The summed E-state index contributed by atoms with van der Waals surface area (Å²) < 4.78 is 18.0. The number of carbonyl (C=O) groups excluding carboxylic acids is 2. The van der Waals surface area contributed by atoms with Crippen LogP contribution in [0.25, 0.3) is 0 Å². The predicted molar refractivity (Wildman–Crippen MR) is 77.0 cm³/mol. The van der Waals surface area contributed by atoms with Gasteiger partial charge in [-0.15, -0.1) is 0 Å². The Hall–Kier alpha value is -2.69. The van der Waals surface area contributed by atoms with E-state index in [1.807, 2.05) is 0 Å². The summed E-state index contributed by atoms with van der Waals surface area (Å²) in [5.74, 6) is -1.57. The quantitative estimate of drug-likeness (QED) is 0.678. The normalized spacial score (nSPS) is 10.0. The molecule has 2 aromatic carbocycles. The van der Waals surface area contributed by atoms with Gasteiger partial charge in [0, 0.05) is 18.3 Å². The van der Waals surface area contributed by atoms with Gasteiger partial charge in [0.25, 0.3) is 0 Å². The van der Waals surface area contributed by atoms with Gasteiger partial charge in [0.15, 0.2) is 12.4 Å². The molecule has 0 saturated carbocycles. The Labute approximate surface area is 121 Å². The summed E-state index contributed by atoms with van der Waals surface area (Å²) >= 11 is 0. The first-order chi connectivity index (χ1) is 10.1. The topological polar surface area (TPSA) is 55.4 Å². The summed E-state index contributed by atoms with van der Waals surface area (Å²) in [4.78, 5) is 23.8. The van der Waals surface area contributed by atoms with E-state index >= 15 is 0 Å². The second-order valence-corrected chi connectivity index (χ2v) is 4.31. The Morgan fingerprint density at radius 1 is 1.14 bits per heavy atom. The fourth-order valence-electron chi connectivity index (χ4n) is 1.83. The lowest BCUT2D eigenvalue weighted by Gasteiger charge is -2.08. The van der Waals surface area contributed by atoms with Crippen molar-refractivity contribution >= 4 is 17.4 Å². The molecular formula is C16H14FNO3. The number of hydrogen-bond acceptors (Lipinski definition) is 4. The molecule has 0 fully saturated rings. The van der Waals surface area contributed by atoms with Gasteiger partial charge in [-0.3, -0.25) is 4.79 Å². The molecule has 0 spiro atoms. The summed E-state index contributed by atoms with van der Waals surface area (Å²) in [6, 6.07) is 12.1. The average Bonchev–Trinajstić information content (AvgIpc) is 2.52. The molecular weight excluding hydrogens is 273 g/mol. The fourth-order valence-corrected chi connectivity index (χ4v) is 1.83. The Kier molecular flexibility index (Phi) is 4.66. The van der Waals surface area contributed by atoms with Crippen LogP contribution in [0.5, 0.6) is 0 Å². The van der Waals surface area contributed by atoms with Crippen LogP contribution in [-0.4, -0.2) is 25.4 Å². The summed E-state index contributed by atoms with van der Waals surface area (Å²) in [6.07, 6.45) is 0. The third-order valence-electron chi connectivity index (χ3n) is 2.90. The van der Waals surface area contributed by atoms with E-state index in [0.717, 1.165) is 6.07 Å². The molecule has 2 rings (SSSR count). The van der Waals surface area contributed by atoms with Crippen molar-refractivity contribution in [3.63, 3.8) is 0 Å². The monoisotopic (exact) mass is 287 g/mol. The van der Waals surface area contributed by atoms with Gasteiger partial charge in [-0.05, 0) is 24.3 Å². The number of rotatable bonds is 5. The summed E-state index contributed by atoms with van der Waals surface area (Å²) in [5, 5.41) is 2.87. The van der Waals surface area contributed by atoms with Gasteiger partial charge in [-0.1, -0.05) is 24.3 Å². The van der Waals surface area contributed by atoms with E-state index in [-0.39, 0.29) is 5.56 Å². The highest BCUT2D eigenvalue weighted by molar-refractivity contribution is 6.00. The molecule has 1 N–H and O–H groups in total. The molecule has 0 amide bonds. The molecule has 21 heavy (non-hydrogen) atoms. The van der Waals surface area contributed by atoms with Crippen LogP contribution in [0.15, 0.2) is 48.5 Å². The molecule has 0 radical (unpaired) electrons. The first-order valence-corrected chi connectivity index (χ1v) is 6.34. The van der Waals surface area contributed by atoms with Gasteiger partial charge in [0.05, 0.1) is 5.56 Å². The largest absolute Gasteiger partial charge is 0.454 e. The number of nitrogens with one attached hydrogen (secondary N) is 1. The molecule has 0 atom stereocenters. The third kappa shape index (κ3) is 3.66. The van der Waals surface area contributed by atoms with E-state index in [1.54, 1.807) is 31.3 Å². The Bertz CT molecular complexity index is 670. The molecule has 0 unspecified atom stereocenters. The van der Waals surface area contributed by atoms with Crippen LogP contribution < -0.4 is 5.32 Å². The molecule has 0 aromatic heterocycles. The van der Waals surface area contributed by atoms with Crippen LogP contribution in [0.4, 0.5) is 10.1 Å². The molecule has 0 heterocycles. The first kappa shape index (κ1) is 14.7. The van der Waals surface area contributed by atoms with E-state index in [1.165, 1.54) is 18.2 Å². The number of ether oxygens (including phenoxy) is 1. The molecule has 0 aliphatic heterocycles. The molecule has 0 aliphatic rings. The van der Waals surface area contributed by atoms with Gasteiger partial charge in [0.1, 0.15) is 5.82 Å². The highest BCUT2D eigenvalue weighted by atomic mass is 19.1. The summed E-state index contributed by atoms with van der Waals surface area (Å²) in [5.41, 5.74) is 1.12. The molecule has 0 aliphatic carbocycles. The fraction of sp³-hybridized carbons (Fsp3) is 0.125. The van der Waals surface area contributed by atoms with Crippen LogP contribution in [0.3, 0.4) is 0 Å². The predicted octanol–water partition coefficient (Wildman–Crippen LogP) is 2.91. The van der Waals surface area contributed by atoms with Gasteiger partial charge < -0.3 is 10.1 Å². The van der Waals surface area contributed by atoms with Crippen molar-refractivity contribution in [2.45, 2.75) is 0 Å². The Morgan fingerprint density at radius 3 is 2.62 bits per heavy atom. The second-order valence-electron chi connectivity index (χ2n) is 4.31. The number of carbonyl (C=O) groups is 2. The molecule has 0 bridgehead atoms. The lowest BCUT2D eigenvalue weighted by atomic mass is 10.1. The van der Waals surface area contributed by atoms with Gasteiger partial charge in [-0.2, -0.15) is 0 Å². The van der Waals surface area contributed by atoms with E-state index in [2.05, 4.69) is 5.32 Å². The molecule has 108 valence electrons. The molecule has 4 nitrogen and oxygen atoms in total. The van der Waals surface area contributed by atoms with Gasteiger partial charge >= 0.3 is 5.97 Å². The van der Waals surface area contributed by atoms with Gasteiger partial charge in [0.2, 0.25) is 0 Å². The first-order valence-electron chi connectivity index (χ1n) is 6.34. The third-order valence-corrected chi connectivity index (χ3v) is 2.90. The number of halogens is 1. The molecule has 5 heteroatoms. The maximum Gasteiger partial charge on any atom is 0.340 e. The standard InChI is InChI=1S/C16H14FNO3/c1-18-14-8-3-2-7-13(14)16(20)21-10-15(19)11-5-4-6-12(17)9-11/h2-9,18H,10H2,1H3. The maximum absolute atomic E-state index is 13.0. The average molecular weight is 287 g/mol. The highest BCUT2D eigenvalue weighted by Crippen LogP contribution is 2.15. The maximum atomic E-state index is 13.0. The number of ketones is 1. The number of Topliss-reactive ketones (excluding diaryl/α,β-unsaturated/α-hetero) is 1. The van der Waals surface area contributed by atoms with Crippen molar-refractivity contribution in [3.8, 4) is 0 Å². The minimum absolute atomic E-state index is 0.171. The Morgan fingerprint density at radius 2 is 1.90 bits per heavy atom. The van der Waals surface area contributed by atoms with Crippen molar-refractivity contribution in [1.82, 2.24) is 0 Å². The van der Waals surface area contributed by atoms with Crippen molar-refractivity contribution in [1.29, 1.82) is 0 Å². The Balaban J connectivity index is 2.02.